The van der Waals surface area contributed by atoms with Crippen LogP contribution in [0.1, 0.15) is 11.1 Å². The number of aryl methyl sites for hydroxylation is 1. The van der Waals surface area contributed by atoms with Crippen molar-refractivity contribution in [3.05, 3.63) is 34.9 Å². The minimum Gasteiger partial charge on any atom is -0.493 e. The highest BCUT2D eigenvalue weighted by molar-refractivity contribution is 7.13. The van der Waals surface area contributed by atoms with E-state index in [-0.39, 0.29) is 37.7 Å². The molecule has 188 valence electrons. The Labute approximate surface area is 200 Å². The largest absolute Gasteiger partial charge is 0.493 e. The summed E-state index contributed by atoms with van der Waals surface area (Å²) in [6, 6.07) is 3.31. The number of carbonyl (C=O) groups excluding carboxylic acids is 3. The molecular weight excluding hydrogens is 467 g/mol. The Morgan fingerprint density at radius 2 is 1.76 bits per heavy atom. The molecule has 1 aromatic rings. The van der Waals surface area contributed by atoms with Gasteiger partial charge in [0.25, 0.3) is 5.91 Å². The molecule has 12 nitrogen and oxygen atoms in total. The molecule has 0 saturated heterocycles. The fourth-order valence-electron chi connectivity index (χ4n) is 2.72. The number of hydrogen-bond donors (Lipinski definition) is 4. The number of aliphatic hydroxyl groups excluding tert-OH is 1. The summed E-state index contributed by atoms with van der Waals surface area (Å²) in [5.74, 6) is -2.80. The number of ether oxygens (including phenoxy) is 2. The van der Waals surface area contributed by atoms with Crippen LogP contribution in [0, 0.1) is 6.92 Å². The average Bonchev–Trinajstić information content (AvgIpc) is 2.80. The molecule has 34 heavy (non-hydrogen) atoms. The van der Waals surface area contributed by atoms with Gasteiger partial charge in [0, 0.05) is 51.9 Å². The quantitative estimate of drug-likeness (QED) is 0.101. The molecule has 0 heterocycles. The van der Waals surface area contributed by atoms with Crippen molar-refractivity contribution in [3.8, 4) is 11.5 Å². The van der Waals surface area contributed by atoms with Gasteiger partial charge >= 0.3 is 12.1 Å². The van der Waals surface area contributed by atoms with Crippen molar-refractivity contribution in [2.24, 2.45) is 0 Å². The van der Waals surface area contributed by atoms with Gasteiger partial charge in [-0.1, -0.05) is 9.39 Å². The Bertz CT molecular complexity index is 912. The first-order valence-corrected chi connectivity index (χ1v) is 10.8. The lowest BCUT2D eigenvalue weighted by atomic mass is 10.1. The van der Waals surface area contributed by atoms with Crippen LogP contribution in [-0.2, 0) is 21.0 Å². The van der Waals surface area contributed by atoms with Gasteiger partial charge in [-0.2, -0.15) is 0 Å². The van der Waals surface area contributed by atoms with E-state index in [1.165, 1.54) is 26.1 Å². The highest BCUT2D eigenvalue weighted by Gasteiger charge is 2.24. The maximum absolute atomic E-state index is 12.5. The molecule has 13 heteroatoms. The second-order valence-corrected chi connectivity index (χ2v) is 7.65. The second kappa shape index (κ2) is 14.1. The molecule has 3 amide bonds. The van der Waals surface area contributed by atoms with E-state index in [9.17, 15) is 29.4 Å². The van der Waals surface area contributed by atoms with Crippen LogP contribution in [0.25, 0.3) is 0 Å². The van der Waals surface area contributed by atoms with Crippen molar-refractivity contribution in [2.75, 3.05) is 47.4 Å². The first kappa shape index (κ1) is 28.8. The molecule has 0 radical (unpaired) electrons. The molecule has 0 bridgehead atoms. The van der Waals surface area contributed by atoms with E-state index in [0.29, 0.717) is 12.1 Å². The van der Waals surface area contributed by atoms with E-state index in [4.69, 9.17) is 9.47 Å². The van der Waals surface area contributed by atoms with Gasteiger partial charge in [-0.15, -0.1) is 0 Å². The fourth-order valence-corrected chi connectivity index (χ4v) is 2.86. The number of methoxy groups -OCH3 is 1. The van der Waals surface area contributed by atoms with E-state index < -0.39 is 29.5 Å². The monoisotopic (exact) mass is 498 g/mol. The molecule has 0 aliphatic heterocycles. The first-order chi connectivity index (χ1) is 16.0. The van der Waals surface area contributed by atoms with Crippen LogP contribution in [0.5, 0.6) is 11.5 Å². The lowest BCUT2D eigenvalue weighted by molar-refractivity contribution is -0.137. The van der Waals surface area contributed by atoms with Crippen molar-refractivity contribution >= 4 is 33.3 Å². The van der Waals surface area contributed by atoms with Crippen LogP contribution in [0.3, 0.4) is 0 Å². The lowest BCUT2D eigenvalue weighted by Gasteiger charge is -2.23. The average molecular weight is 498 g/mol. The van der Waals surface area contributed by atoms with Crippen LogP contribution in [0.15, 0.2) is 23.8 Å². The highest BCUT2D eigenvalue weighted by Crippen LogP contribution is 2.33. The maximum Gasteiger partial charge on any atom is 0.415 e. The van der Waals surface area contributed by atoms with E-state index in [1.54, 1.807) is 19.1 Å². The van der Waals surface area contributed by atoms with E-state index >= 15 is 0 Å². The van der Waals surface area contributed by atoms with Crippen LogP contribution < -0.4 is 19.9 Å². The summed E-state index contributed by atoms with van der Waals surface area (Å²) in [7, 11) is 6.45. The summed E-state index contributed by atoms with van der Waals surface area (Å²) in [4.78, 5) is 50.6. The number of aliphatic carboxylic acids is 1. The Morgan fingerprint density at radius 3 is 2.32 bits per heavy atom. The Kier molecular flexibility index (Phi) is 12.0. The summed E-state index contributed by atoms with van der Waals surface area (Å²) in [5, 5.41) is 24.1. The fraction of sp³-hybridized carbons (Fsp3) is 0.429. The van der Waals surface area contributed by atoms with Gasteiger partial charge in [0.1, 0.15) is 5.57 Å². The summed E-state index contributed by atoms with van der Waals surface area (Å²) in [6.45, 7) is 2.09. The van der Waals surface area contributed by atoms with Gasteiger partial charge in [0.15, 0.2) is 11.5 Å². The second-order valence-electron chi connectivity index (χ2n) is 7.24. The summed E-state index contributed by atoms with van der Waals surface area (Å²) >= 11 is 0. The predicted octanol–water partition coefficient (Wildman–Crippen LogP) is -0.108. The Hall–Kier alpha value is -3.21. The number of rotatable bonds is 12. The minimum absolute atomic E-state index is 0.00262. The summed E-state index contributed by atoms with van der Waals surface area (Å²) in [5.41, 5.74) is 0.473. The molecule has 1 aromatic carbocycles. The molecule has 0 saturated carbocycles. The molecule has 1 atom stereocenters. The van der Waals surface area contributed by atoms with Crippen LogP contribution in [0.4, 0.5) is 4.79 Å². The zero-order valence-corrected chi connectivity index (χ0v) is 20.7. The van der Waals surface area contributed by atoms with Crippen LogP contribution in [-0.4, -0.2) is 91.3 Å². The number of nitrogens with zero attached hydrogens (tertiary/aromatic N) is 2. The third-order valence-corrected chi connectivity index (χ3v) is 4.88. The normalized spacial score (nSPS) is 10.9. The SMILES string of the molecule is COc1cc(C)cc(CO)c1OC(=O)N(C)CCN(C)C(=O)C(=CC(=O)NCCNP)C(=O)O. The van der Waals surface area contributed by atoms with Gasteiger partial charge in [0.05, 0.1) is 13.7 Å². The lowest BCUT2D eigenvalue weighted by Crippen LogP contribution is -2.40. The molecule has 0 fully saturated rings. The molecule has 1 unspecified atom stereocenters. The zero-order chi connectivity index (χ0) is 25.8. The number of hydrogen-bond acceptors (Lipinski definition) is 8. The van der Waals surface area contributed by atoms with Crippen molar-refractivity contribution in [3.63, 3.8) is 0 Å². The smallest absolute Gasteiger partial charge is 0.415 e. The minimum atomic E-state index is -1.55. The zero-order valence-electron chi connectivity index (χ0n) is 19.6. The van der Waals surface area contributed by atoms with Gasteiger partial charge in [-0.05, 0) is 24.6 Å². The van der Waals surface area contributed by atoms with Crippen molar-refractivity contribution in [2.45, 2.75) is 13.5 Å². The van der Waals surface area contributed by atoms with Crippen molar-refractivity contribution < 1.29 is 38.9 Å². The van der Waals surface area contributed by atoms with Gasteiger partial charge < -0.3 is 34.8 Å². The predicted molar refractivity (Wildman–Crippen MR) is 126 cm³/mol. The molecule has 1 rings (SSSR count). The number of nitrogens with one attached hydrogen (secondary N) is 2. The summed E-state index contributed by atoms with van der Waals surface area (Å²) < 4.78 is 10.6. The topological polar surface area (TPSA) is 158 Å². The third-order valence-electron chi connectivity index (χ3n) is 4.59. The van der Waals surface area contributed by atoms with Crippen LogP contribution in [0.2, 0.25) is 0 Å². The molecule has 0 aromatic heterocycles. The van der Waals surface area contributed by atoms with Gasteiger partial charge in [-0.3, -0.25) is 14.7 Å². The number of carbonyl (C=O) groups is 4. The molecule has 0 spiro atoms. The third kappa shape index (κ3) is 8.62. The molecule has 4 N–H and O–H groups in total. The molecule has 0 aliphatic rings. The van der Waals surface area contributed by atoms with E-state index in [1.807, 2.05) is 0 Å². The number of benzene rings is 1. The van der Waals surface area contributed by atoms with E-state index in [2.05, 4.69) is 19.8 Å². The maximum atomic E-state index is 12.5. The van der Waals surface area contributed by atoms with Crippen molar-refractivity contribution in [1.29, 1.82) is 0 Å². The van der Waals surface area contributed by atoms with Gasteiger partial charge in [-0.25, -0.2) is 9.59 Å². The Balaban J connectivity index is 2.81. The summed E-state index contributed by atoms with van der Waals surface area (Å²) in [6.07, 6.45) is -0.0454. The molecular formula is C21H31N4O8P. The standard InChI is InChI=1S/C21H31N4O8P/c1-13-9-14(12-26)18(16(10-13)32-4)33-21(31)25(3)8-7-24(2)19(28)15(20(29)30)11-17(27)22-5-6-23-34/h9-11,23,26H,5-8,12,34H2,1-4H3,(H,22,27)(H,29,30). The van der Waals surface area contributed by atoms with Gasteiger partial charge in [0.2, 0.25) is 5.91 Å². The number of carboxylic acids is 1. The number of amides is 3. The molecule has 0 aliphatic carbocycles. The van der Waals surface area contributed by atoms with Crippen molar-refractivity contribution in [1.82, 2.24) is 20.2 Å². The van der Waals surface area contributed by atoms with E-state index in [0.717, 1.165) is 16.5 Å². The number of carboxylic acid groups (broad SMARTS) is 1. The Morgan fingerprint density at radius 1 is 1.12 bits per heavy atom. The first-order valence-electron chi connectivity index (χ1n) is 10.2. The number of likely N-dealkylation sites (N-methyl/N-ethyl adjacent to an activating group) is 2. The highest BCUT2D eigenvalue weighted by atomic mass is 31.0. The number of aliphatic hydroxyl groups is 1. The van der Waals surface area contributed by atoms with Crippen LogP contribution >= 0.6 is 9.39 Å².